The van der Waals surface area contributed by atoms with E-state index in [1.165, 1.54) is 38.9 Å². The number of imidazole rings is 1. The fourth-order valence-electron chi connectivity index (χ4n) is 3.22. The summed E-state index contributed by atoms with van der Waals surface area (Å²) in [4.78, 5) is 4.05. The van der Waals surface area contributed by atoms with Crippen molar-refractivity contribution in [3.8, 4) is 0 Å². The van der Waals surface area contributed by atoms with E-state index in [2.05, 4.69) is 68.4 Å². The maximum absolute atomic E-state index is 4.05. The molecule has 1 unspecified atom stereocenters. The molecule has 0 saturated heterocycles. The largest absolute Gasteiger partial charge is 4.00 e. The van der Waals surface area contributed by atoms with Crippen LogP contribution >= 0.6 is 0 Å². The molecule has 27 heavy (non-hydrogen) atoms. The molecule has 0 radical (unpaired) electrons. The van der Waals surface area contributed by atoms with Crippen molar-refractivity contribution < 1.29 is 51.0 Å². The average molecular weight is 479 g/mol. The number of halogens is 2. The molecule has 0 aliphatic heterocycles. The molecule has 1 atom stereocenters. The Bertz CT molecular complexity index is 800. The summed E-state index contributed by atoms with van der Waals surface area (Å²) >= 11 is 0. The Morgan fingerprint density at radius 3 is 2.07 bits per heavy atom. The summed E-state index contributed by atoms with van der Waals surface area (Å²) < 4.78 is 2.06. The third-order valence-electron chi connectivity index (χ3n) is 5.32. The van der Waals surface area contributed by atoms with Crippen LogP contribution < -0.4 is 24.8 Å². The van der Waals surface area contributed by atoms with Gasteiger partial charge in [0.2, 0.25) is 0 Å². The summed E-state index contributed by atoms with van der Waals surface area (Å²) in [7, 11) is 0. The van der Waals surface area contributed by atoms with Crippen molar-refractivity contribution in [2.24, 2.45) is 0 Å². The summed E-state index contributed by atoms with van der Waals surface area (Å²) in [6.07, 6.45) is 11.0. The summed E-state index contributed by atoms with van der Waals surface area (Å²) in [5, 5.41) is 0. The van der Waals surface area contributed by atoms with Crippen molar-refractivity contribution in [3.05, 3.63) is 88.0 Å². The van der Waals surface area contributed by atoms with Crippen LogP contribution in [0.5, 0.6) is 0 Å². The van der Waals surface area contributed by atoms with E-state index in [4.69, 9.17) is 0 Å². The molecule has 2 aromatic carbocycles. The SMILES string of the molecule is Cc1c(C)c(C)[c-](C)c1C.[C-]1=Cc2ccccc2C1n1ccnc1.[Cl-].[Cl-].[Zr+4]. The fourth-order valence-corrected chi connectivity index (χ4v) is 3.22. The molecule has 1 aromatic heterocycles. The molecule has 0 saturated carbocycles. The molecule has 0 N–H and O–H groups in total. The number of benzene rings is 1. The van der Waals surface area contributed by atoms with E-state index in [1.807, 2.05) is 24.7 Å². The van der Waals surface area contributed by atoms with E-state index in [1.54, 1.807) is 6.20 Å². The smallest absolute Gasteiger partial charge is 1.00 e. The van der Waals surface area contributed by atoms with Gasteiger partial charge < -0.3 is 29.4 Å². The van der Waals surface area contributed by atoms with Crippen molar-refractivity contribution in [1.29, 1.82) is 0 Å². The van der Waals surface area contributed by atoms with Gasteiger partial charge in [0, 0.05) is 12.4 Å². The van der Waals surface area contributed by atoms with Gasteiger partial charge in [0.25, 0.3) is 0 Å². The minimum absolute atomic E-state index is 0. The van der Waals surface area contributed by atoms with E-state index in [-0.39, 0.29) is 57.1 Å². The van der Waals surface area contributed by atoms with Gasteiger partial charge in [-0.2, -0.15) is 33.4 Å². The molecule has 1 aliphatic carbocycles. The zero-order valence-corrected chi connectivity index (χ0v) is 20.3. The Hall–Kier alpha value is -1.02. The molecule has 2 nitrogen and oxygen atoms in total. The van der Waals surface area contributed by atoms with E-state index in [0.717, 1.165) is 0 Å². The molecule has 1 heterocycles. The van der Waals surface area contributed by atoms with Crippen LogP contribution in [0.1, 0.15) is 45.0 Å². The second-order valence-corrected chi connectivity index (χ2v) is 6.48. The van der Waals surface area contributed by atoms with Crippen LogP contribution in [-0.2, 0) is 26.2 Å². The zero-order chi connectivity index (χ0) is 17.3. The molecule has 140 valence electrons. The Balaban J connectivity index is 0.000000473. The predicted octanol–water partition coefficient (Wildman–Crippen LogP) is -0.744. The first kappa shape index (κ1) is 26.0. The van der Waals surface area contributed by atoms with Crippen LogP contribution in [-0.4, -0.2) is 9.55 Å². The molecule has 0 spiro atoms. The summed E-state index contributed by atoms with van der Waals surface area (Å²) in [6, 6.07) is 8.56. The number of aromatic nitrogens is 2. The average Bonchev–Trinajstić information content (AvgIpc) is 3.30. The number of fused-ring (bicyclic) bond motifs is 1. The maximum atomic E-state index is 4.05. The van der Waals surface area contributed by atoms with Crippen LogP contribution in [0.15, 0.2) is 43.0 Å². The molecule has 3 aromatic rings. The van der Waals surface area contributed by atoms with Crippen LogP contribution in [0, 0.1) is 40.7 Å². The summed E-state index contributed by atoms with van der Waals surface area (Å²) in [6.45, 7) is 11.0. The number of rotatable bonds is 1. The monoisotopic (exact) mass is 476 g/mol. The van der Waals surface area contributed by atoms with E-state index < -0.39 is 0 Å². The normalized spacial score (nSPS) is 13.4. The minimum Gasteiger partial charge on any atom is -1.00 e. The third kappa shape index (κ3) is 5.28. The summed E-state index contributed by atoms with van der Waals surface area (Å²) in [5.74, 6) is 0. The number of hydrogen-bond acceptors (Lipinski definition) is 1. The van der Waals surface area contributed by atoms with Gasteiger partial charge in [-0.1, -0.05) is 52.8 Å². The van der Waals surface area contributed by atoms with Crippen LogP contribution in [0.25, 0.3) is 6.08 Å². The second kappa shape index (κ2) is 11.1. The van der Waals surface area contributed by atoms with Gasteiger partial charge >= 0.3 is 26.2 Å². The maximum Gasteiger partial charge on any atom is 4.00 e. The number of allylic oxidation sites excluding steroid dienone is 1. The molecule has 4 rings (SSSR count). The topological polar surface area (TPSA) is 17.8 Å². The van der Waals surface area contributed by atoms with Gasteiger partial charge in [0.1, 0.15) is 0 Å². The van der Waals surface area contributed by atoms with Gasteiger partial charge in [-0.3, -0.25) is 0 Å². The Morgan fingerprint density at radius 1 is 1.00 bits per heavy atom. The van der Waals surface area contributed by atoms with Crippen molar-refractivity contribution in [2.45, 2.75) is 40.7 Å². The molecule has 0 bridgehead atoms. The molecular weight excluding hydrogens is 454 g/mol. The molecule has 0 fully saturated rings. The van der Waals surface area contributed by atoms with E-state index >= 15 is 0 Å². The first-order valence-corrected chi connectivity index (χ1v) is 8.36. The van der Waals surface area contributed by atoms with Gasteiger partial charge in [-0.05, 0) is 6.04 Å². The van der Waals surface area contributed by atoms with Crippen molar-refractivity contribution in [1.82, 2.24) is 9.55 Å². The standard InChI is InChI=1S/C12H9N2.C10H15.2ClH.Zr/c1-2-4-11-10(3-1)5-6-12(11)14-8-7-13-9-14;1-6-7(2)9(4)10(5)8(6)3;;;/h1-5,7-9,12H;1-5H3;2*1H;/q2*-1;;;+4/p-2. The van der Waals surface area contributed by atoms with Gasteiger partial charge in [-0.15, -0.1) is 11.6 Å². The van der Waals surface area contributed by atoms with Crippen LogP contribution in [0.4, 0.5) is 0 Å². The first-order chi connectivity index (χ1) is 11.5. The fraction of sp³-hybridized carbons (Fsp3) is 0.273. The van der Waals surface area contributed by atoms with E-state index in [0.29, 0.717) is 0 Å². The van der Waals surface area contributed by atoms with Gasteiger partial charge in [0.15, 0.2) is 0 Å². The second-order valence-electron chi connectivity index (χ2n) is 6.48. The van der Waals surface area contributed by atoms with Gasteiger partial charge in [0.05, 0.1) is 6.33 Å². The van der Waals surface area contributed by atoms with Gasteiger partial charge in [-0.25, -0.2) is 17.1 Å². The minimum atomic E-state index is 0. The van der Waals surface area contributed by atoms with Crippen molar-refractivity contribution in [3.63, 3.8) is 0 Å². The molecule has 1 aliphatic rings. The third-order valence-corrected chi connectivity index (χ3v) is 5.32. The molecular formula is C22H24Cl2N2Zr. The number of hydrogen-bond donors (Lipinski definition) is 0. The van der Waals surface area contributed by atoms with Crippen LogP contribution in [0.2, 0.25) is 0 Å². The van der Waals surface area contributed by atoms with Crippen molar-refractivity contribution >= 4 is 6.08 Å². The molecule has 5 heteroatoms. The Labute approximate surface area is 194 Å². The summed E-state index contributed by atoms with van der Waals surface area (Å²) in [5.41, 5.74) is 9.89. The zero-order valence-electron chi connectivity index (χ0n) is 16.3. The van der Waals surface area contributed by atoms with E-state index in [9.17, 15) is 0 Å². The first-order valence-electron chi connectivity index (χ1n) is 8.36. The predicted molar refractivity (Wildman–Crippen MR) is 100 cm³/mol. The van der Waals surface area contributed by atoms with Crippen molar-refractivity contribution in [2.75, 3.05) is 0 Å². The Kier molecular flexibility index (Phi) is 10.7. The molecule has 0 amide bonds. The van der Waals surface area contributed by atoms with Crippen LogP contribution in [0.3, 0.4) is 0 Å². The quantitative estimate of drug-likeness (QED) is 0.422. The number of nitrogens with zero attached hydrogens (tertiary/aromatic N) is 2. The Morgan fingerprint density at radius 2 is 1.59 bits per heavy atom.